The minimum absolute atomic E-state index is 0.170. The third-order valence-electron chi connectivity index (χ3n) is 4.48. The zero-order valence-corrected chi connectivity index (χ0v) is 11.4. The summed E-state index contributed by atoms with van der Waals surface area (Å²) in [5.41, 5.74) is 9.37. The van der Waals surface area contributed by atoms with Crippen LogP contribution in [0.1, 0.15) is 24.0 Å². The van der Waals surface area contributed by atoms with Gasteiger partial charge in [0.1, 0.15) is 0 Å². The van der Waals surface area contributed by atoms with E-state index in [0.29, 0.717) is 12.6 Å². The van der Waals surface area contributed by atoms with Gasteiger partial charge in [-0.15, -0.1) is 0 Å². The van der Waals surface area contributed by atoms with Crippen LogP contribution in [0, 0.1) is 12.8 Å². The van der Waals surface area contributed by atoms with Crippen LogP contribution in [0.4, 0.5) is 5.69 Å². The van der Waals surface area contributed by atoms with Crippen LogP contribution in [-0.4, -0.2) is 25.0 Å². The van der Waals surface area contributed by atoms with Gasteiger partial charge in [0, 0.05) is 25.3 Å². The van der Waals surface area contributed by atoms with Gasteiger partial charge in [0.2, 0.25) is 5.91 Å². The number of carbonyl (C=O) groups excluding carboxylic acids is 1. The lowest BCUT2D eigenvalue weighted by Crippen LogP contribution is -2.45. The fraction of sp³-hybridized carbons (Fsp3) is 0.533. The topological polar surface area (TPSA) is 58.4 Å². The van der Waals surface area contributed by atoms with Gasteiger partial charge < -0.3 is 16.0 Å². The summed E-state index contributed by atoms with van der Waals surface area (Å²) in [7, 11) is 0. The molecule has 4 nitrogen and oxygen atoms in total. The lowest BCUT2D eigenvalue weighted by atomic mass is 9.90. The van der Waals surface area contributed by atoms with E-state index in [9.17, 15) is 4.79 Å². The number of aryl methyl sites for hydroxylation is 1. The predicted molar refractivity (Wildman–Crippen MR) is 75.9 cm³/mol. The van der Waals surface area contributed by atoms with Crippen LogP contribution in [0.15, 0.2) is 18.2 Å². The van der Waals surface area contributed by atoms with Crippen LogP contribution in [-0.2, 0) is 11.3 Å². The fourth-order valence-electron chi connectivity index (χ4n) is 3.36. The molecule has 0 saturated carbocycles. The SMILES string of the molecule is Cc1cc(N2CCCC3C(=O)NCC32)ccc1CN. The molecule has 3 rings (SSSR count). The number of nitrogens with one attached hydrogen (secondary N) is 1. The van der Waals surface area contributed by atoms with E-state index in [2.05, 4.69) is 35.3 Å². The van der Waals surface area contributed by atoms with Gasteiger partial charge in [-0.3, -0.25) is 4.79 Å². The summed E-state index contributed by atoms with van der Waals surface area (Å²) in [5.74, 6) is 0.397. The van der Waals surface area contributed by atoms with E-state index in [-0.39, 0.29) is 11.8 Å². The molecule has 2 saturated heterocycles. The predicted octanol–water partition coefficient (Wildman–Crippen LogP) is 1.17. The van der Waals surface area contributed by atoms with Gasteiger partial charge in [0.05, 0.1) is 12.0 Å². The molecule has 2 atom stereocenters. The summed E-state index contributed by atoms with van der Waals surface area (Å²) in [4.78, 5) is 14.2. The van der Waals surface area contributed by atoms with Gasteiger partial charge in [0.15, 0.2) is 0 Å². The van der Waals surface area contributed by atoms with Crippen molar-refractivity contribution in [3.05, 3.63) is 29.3 Å². The maximum atomic E-state index is 11.8. The minimum atomic E-state index is 0.170. The van der Waals surface area contributed by atoms with Gasteiger partial charge in [-0.2, -0.15) is 0 Å². The van der Waals surface area contributed by atoms with Crippen molar-refractivity contribution in [2.75, 3.05) is 18.0 Å². The van der Waals surface area contributed by atoms with Crippen molar-refractivity contribution in [1.82, 2.24) is 5.32 Å². The molecule has 2 heterocycles. The molecule has 2 fully saturated rings. The fourth-order valence-corrected chi connectivity index (χ4v) is 3.36. The first kappa shape index (κ1) is 12.5. The molecule has 0 spiro atoms. The number of benzene rings is 1. The summed E-state index contributed by atoms with van der Waals surface area (Å²) < 4.78 is 0. The zero-order valence-electron chi connectivity index (χ0n) is 11.4. The summed E-state index contributed by atoms with van der Waals surface area (Å²) in [6, 6.07) is 6.77. The molecule has 102 valence electrons. The van der Waals surface area contributed by atoms with Gasteiger partial charge in [-0.1, -0.05) is 6.07 Å². The molecule has 19 heavy (non-hydrogen) atoms. The Balaban J connectivity index is 1.89. The highest BCUT2D eigenvalue weighted by Crippen LogP contribution is 2.32. The molecule has 0 radical (unpaired) electrons. The van der Waals surface area contributed by atoms with E-state index < -0.39 is 0 Å². The maximum Gasteiger partial charge on any atom is 0.225 e. The highest BCUT2D eigenvalue weighted by atomic mass is 16.2. The zero-order chi connectivity index (χ0) is 13.4. The van der Waals surface area contributed by atoms with Gasteiger partial charge >= 0.3 is 0 Å². The Morgan fingerprint density at radius 1 is 1.47 bits per heavy atom. The van der Waals surface area contributed by atoms with E-state index in [0.717, 1.165) is 25.9 Å². The van der Waals surface area contributed by atoms with Crippen LogP contribution in [0.2, 0.25) is 0 Å². The number of carbonyl (C=O) groups is 1. The number of nitrogens with two attached hydrogens (primary N) is 1. The number of amides is 1. The Kier molecular flexibility index (Phi) is 3.19. The molecule has 0 aliphatic carbocycles. The number of anilines is 1. The van der Waals surface area contributed by atoms with Crippen molar-refractivity contribution in [3.63, 3.8) is 0 Å². The van der Waals surface area contributed by atoms with E-state index in [1.165, 1.54) is 16.8 Å². The first-order chi connectivity index (χ1) is 9.20. The van der Waals surface area contributed by atoms with Crippen LogP contribution in [0.5, 0.6) is 0 Å². The Hall–Kier alpha value is -1.55. The molecule has 0 aromatic heterocycles. The van der Waals surface area contributed by atoms with Gasteiger partial charge in [-0.05, 0) is 43.0 Å². The second-order valence-electron chi connectivity index (χ2n) is 5.57. The van der Waals surface area contributed by atoms with E-state index in [1.807, 2.05) is 0 Å². The molecule has 4 heteroatoms. The average Bonchev–Trinajstić information content (AvgIpc) is 2.80. The van der Waals surface area contributed by atoms with Crippen LogP contribution in [0.25, 0.3) is 0 Å². The summed E-state index contributed by atoms with van der Waals surface area (Å²) in [6.07, 6.45) is 2.11. The Morgan fingerprint density at radius 3 is 3.05 bits per heavy atom. The summed E-state index contributed by atoms with van der Waals surface area (Å²) >= 11 is 0. The highest BCUT2D eigenvalue weighted by molar-refractivity contribution is 5.83. The quantitative estimate of drug-likeness (QED) is 0.838. The van der Waals surface area contributed by atoms with Crippen LogP contribution >= 0.6 is 0 Å². The van der Waals surface area contributed by atoms with Crippen molar-refractivity contribution >= 4 is 11.6 Å². The Labute approximate surface area is 114 Å². The Morgan fingerprint density at radius 2 is 2.32 bits per heavy atom. The lowest BCUT2D eigenvalue weighted by Gasteiger charge is -2.38. The van der Waals surface area contributed by atoms with E-state index in [1.54, 1.807) is 0 Å². The molecule has 2 unspecified atom stereocenters. The van der Waals surface area contributed by atoms with E-state index >= 15 is 0 Å². The van der Waals surface area contributed by atoms with Crippen LogP contribution in [0.3, 0.4) is 0 Å². The molecular formula is C15H21N3O. The molecule has 1 amide bonds. The monoisotopic (exact) mass is 259 g/mol. The molecule has 1 aromatic carbocycles. The molecule has 2 aliphatic rings. The molecule has 2 aliphatic heterocycles. The normalized spacial score (nSPS) is 26.2. The molecular weight excluding hydrogens is 238 g/mol. The Bertz CT molecular complexity index is 500. The number of hydrogen-bond donors (Lipinski definition) is 2. The third-order valence-corrected chi connectivity index (χ3v) is 4.48. The van der Waals surface area contributed by atoms with Crippen LogP contribution < -0.4 is 16.0 Å². The average molecular weight is 259 g/mol. The number of rotatable bonds is 2. The maximum absolute atomic E-state index is 11.8. The van der Waals surface area contributed by atoms with Crippen molar-refractivity contribution < 1.29 is 4.79 Å². The van der Waals surface area contributed by atoms with Gasteiger partial charge in [0.25, 0.3) is 0 Å². The third kappa shape index (κ3) is 2.10. The largest absolute Gasteiger partial charge is 0.366 e. The van der Waals surface area contributed by atoms with E-state index in [4.69, 9.17) is 5.73 Å². The van der Waals surface area contributed by atoms with Gasteiger partial charge in [-0.25, -0.2) is 0 Å². The number of hydrogen-bond acceptors (Lipinski definition) is 3. The van der Waals surface area contributed by atoms with Crippen molar-refractivity contribution in [3.8, 4) is 0 Å². The van der Waals surface area contributed by atoms with Crippen molar-refractivity contribution in [2.45, 2.75) is 32.4 Å². The molecule has 1 aromatic rings. The number of fused-ring (bicyclic) bond motifs is 1. The second-order valence-corrected chi connectivity index (χ2v) is 5.57. The highest BCUT2D eigenvalue weighted by Gasteiger charge is 2.40. The summed E-state index contributed by atoms with van der Waals surface area (Å²) in [5, 5.41) is 3.00. The summed E-state index contributed by atoms with van der Waals surface area (Å²) in [6.45, 7) is 4.50. The number of nitrogens with zero attached hydrogens (tertiary/aromatic N) is 1. The standard InChI is InChI=1S/C15H21N3O/c1-10-7-12(5-4-11(10)8-16)18-6-2-3-13-14(18)9-17-15(13)19/h4-5,7,13-14H,2-3,6,8-9,16H2,1H3,(H,17,19). The first-order valence-corrected chi connectivity index (χ1v) is 7.04. The second kappa shape index (κ2) is 4.85. The minimum Gasteiger partial charge on any atom is -0.366 e. The first-order valence-electron chi connectivity index (χ1n) is 7.04. The van der Waals surface area contributed by atoms with Crippen molar-refractivity contribution in [2.24, 2.45) is 11.7 Å². The smallest absolute Gasteiger partial charge is 0.225 e. The lowest BCUT2D eigenvalue weighted by molar-refractivity contribution is -0.122. The van der Waals surface area contributed by atoms with Crippen molar-refractivity contribution in [1.29, 1.82) is 0 Å². The molecule has 3 N–H and O–H groups in total. The molecule has 0 bridgehead atoms. The number of piperidine rings is 1.